The molecular weight excluding hydrogens is 244 g/mol. The van der Waals surface area contributed by atoms with Gasteiger partial charge in [0.05, 0.1) is 6.42 Å². The van der Waals surface area contributed by atoms with Gasteiger partial charge in [0, 0.05) is 4.47 Å². The molecule has 0 saturated heterocycles. The van der Waals surface area contributed by atoms with Gasteiger partial charge in [-0.05, 0) is 30.2 Å². The van der Waals surface area contributed by atoms with Crippen molar-refractivity contribution in [2.75, 3.05) is 0 Å². The summed E-state index contributed by atoms with van der Waals surface area (Å²) >= 11 is 3.34. The van der Waals surface area contributed by atoms with Gasteiger partial charge in [-0.1, -0.05) is 34.1 Å². The zero-order valence-electron chi connectivity index (χ0n) is 7.88. The average molecular weight is 255 g/mol. The molecule has 1 N–H and O–H groups in total. The molecule has 0 atom stereocenters. The molecule has 0 heterocycles. The molecule has 0 saturated carbocycles. The lowest BCUT2D eigenvalue weighted by Crippen LogP contribution is -2.00. The van der Waals surface area contributed by atoms with Crippen LogP contribution in [0.5, 0.6) is 0 Å². The molecule has 74 valence electrons. The number of carboxylic acid groups (broad SMARTS) is 1. The maximum absolute atomic E-state index is 10.5. The van der Waals surface area contributed by atoms with Gasteiger partial charge in [0.2, 0.25) is 0 Å². The summed E-state index contributed by atoms with van der Waals surface area (Å²) in [5.41, 5.74) is 2.68. The first-order chi connectivity index (χ1) is 6.49. The second-order valence-corrected chi connectivity index (χ2v) is 4.11. The summed E-state index contributed by atoms with van der Waals surface area (Å²) in [4.78, 5) is 10.5. The molecule has 0 bridgehead atoms. The lowest BCUT2D eigenvalue weighted by Gasteiger charge is -2.04. The molecule has 0 amide bonds. The first-order valence-corrected chi connectivity index (χ1v) is 4.95. The highest BCUT2D eigenvalue weighted by molar-refractivity contribution is 9.10. The van der Waals surface area contributed by atoms with Crippen LogP contribution in [-0.2, 0) is 11.2 Å². The van der Waals surface area contributed by atoms with E-state index in [9.17, 15) is 4.79 Å². The first-order valence-electron chi connectivity index (χ1n) is 4.16. The van der Waals surface area contributed by atoms with Crippen molar-refractivity contribution >= 4 is 27.5 Å². The van der Waals surface area contributed by atoms with E-state index in [2.05, 4.69) is 22.5 Å². The van der Waals surface area contributed by atoms with Gasteiger partial charge in [0.1, 0.15) is 0 Å². The highest BCUT2D eigenvalue weighted by Gasteiger charge is 2.04. The number of carboxylic acids is 1. The number of allylic oxidation sites excluding steroid dienone is 1. The van der Waals surface area contributed by atoms with Gasteiger partial charge in [-0.2, -0.15) is 0 Å². The Morgan fingerprint density at radius 2 is 2.14 bits per heavy atom. The van der Waals surface area contributed by atoms with Gasteiger partial charge in [0.15, 0.2) is 0 Å². The van der Waals surface area contributed by atoms with Crippen molar-refractivity contribution in [1.29, 1.82) is 0 Å². The fourth-order valence-electron chi connectivity index (χ4n) is 1.17. The van der Waals surface area contributed by atoms with E-state index in [0.29, 0.717) is 0 Å². The molecule has 0 unspecified atom stereocenters. The van der Waals surface area contributed by atoms with Crippen molar-refractivity contribution in [2.45, 2.75) is 13.3 Å². The third-order valence-electron chi connectivity index (χ3n) is 1.81. The van der Waals surface area contributed by atoms with Crippen molar-refractivity contribution in [1.82, 2.24) is 0 Å². The molecule has 1 aromatic rings. The van der Waals surface area contributed by atoms with Crippen molar-refractivity contribution in [3.63, 3.8) is 0 Å². The molecular formula is C11H11BrO2. The molecule has 0 aliphatic heterocycles. The van der Waals surface area contributed by atoms with E-state index in [1.165, 1.54) is 0 Å². The van der Waals surface area contributed by atoms with E-state index in [1.54, 1.807) is 6.07 Å². The summed E-state index contributed by atoms with van der Waals surface area (Å²) in [6, 6.07) is 5.58. The Balaban J connectivity index is 3.07. The number of hydrogen-bond donors (Lipinski definition) is 1. The Morgan fingerprint density at radius 1 is 1.50 bits per heavy atom. The topological polar surface area (TPSA) is 37.3 Å². The third-order valence-corrected chi connectivity index (χ3v) is 2.26. The summed E-state index contributed by atoms with van der Waals surface area (Å²) in [6.45, 7) is 5.71. The van der Waals surface area contributed by atoms with Crippen LogP contribution in [-0.4, -0.2) is 11.1 Å². The molecule has 14 heavy (non-hydrogen) atoms. The van der Waals surface area contributed by atoms with Crippen LogP contribution in [0.3, 0.4) is 0 Å². The van der Waals surface area contributed by atoms with Crippen molar-refractivity contribution in [3.05, 3.63) is 40.4 Å². The predicted octanol–water partition coefficient (Wildman–Crippen LogP) is 3.11. The molecule has 3 heteroatoms. The van der Waals surface area contributed by atoms with Crippen LogP contribution in [0.15, 0.2) is 29.3 Å². The van der Waals surface area contributed by atoms with Crippen molar-refractivity contribution in [2.24, 2.45) is 0 Å². The minimum atomic E-state index is -0.823. The largest absolute Gasteiger partial charge is 0.481 e. The normalized spacial score (nSPS) is 9.86. The van der Waals surface area contributed by atoms with E-state index in [0.717, 1.165) is 21.2 Å². The fraction of sp³-hybridized carbons (Fsp3) is 0.182. The molecule has 0 aromatic heterocycles. The van der Waals surface area contributed by atoms with Crippen LogP contribution >= 0.6 is 15.9 Å². The Morgan fingerprint density at radius 3 is 2.64 bits per heavy atom. The number of rotatable bonds is 3. The molecule has 0 aliphatic carbocycles. The van der Waals surface area contributed by atoms with E-state index in [-0.39, 0.29) is 6.42 Å². The van der Waals surface area contributed by atoms with E-state index < -0.39 is 5.97 Å². The quantitative estimate of drug-likeness (QED) is 0.900. The van der Waals surface area contributed by atoms with Crippen LogP contribution in [0.25, 0.3) is 5.57 Å². The summed E-state index contributed by atoms with van der Waals surface area (Å²) in [5, 5.41) is 8.65. The number of benzene rings is 1. The third kappa shape index (κ3) is 3.00. The van der Waals surface area contributed by atoms with Gasteiger partial charge in [-0.25, -0.2) is 0 Å². The van der Waals surface area contributed by atoms with Crippen molar-refractivity contribution in [3.8, 4) is 0 Å². The standard InChI is InChI=1S/C11H11BrO2/c1-7(2)9-3-8(5-11(13)14)4-10(12)6-9/h3-4,6H,1,5H2,2H3,(H,13,14). The SMILES string of the molecule is C=C(C)c1cc(Br)cc(CC(=O)O)c1. The summed E-state index contributed by atoms with van der Waals surface area (Å²) in [6.07, 6.45) is 0.0414. The zero-order chi connectivity index (χ0) is 10.7. The van der Waals surface area contributed by atoms with Crippen LogP contribution in [0.4, 0.5) is 0 Å². The fourth-order valence-corrected chi connectivity index (χ4v) is 1.71. The van der Waals surface area contributed by atoms with Crippen molar-refractivity contribution < 1.29 is 9.90 Å². The van der Waals surface area contributed by atoms with Crippen LogP contribution in [0, 0.1) is 0 Å². The summed E-state index contributed by atoms with van der Waals surface area (Å²) < 4.78 is 0.884. The Kier molecular flexibility index (Phi) is 3.47. The zero-order valence-corrected chi connectivity index (χ0v) is 9.47. The molecule has 0 spiro atoms. The minimum absolute atomic E-state index is 0.0414. The van der Waals surface area contributed by atoms with Gasteiger partial charge in [-0.15, -0.1) is 0 Å². The highest BCUT2D eigenvalue weighted by Crippen LogP contribution is 2.20. The van der Waals surface area contributed by atoms with E-state index in [1.807, 2.05) is 19.1 Å². The Hall–Kier alpha value is -1.09. The second kappa shape index (κ2) is 4.42. The van der Waals surface area contributed by atoms with Gasteiger partial charge in [0.25, 0.3) is 0 Å². The monoisotopic (exact) mass is 254 g/mol. The number of aliphatic carboxylic acids is 1. The molecule has 1 rings (SSSR count). The predicted molar refractivity (Wildman–Crippen MR) is 60.2 cm³/mol. The molecule has 0 radical (unpaired) electrons. The maximum atomic E-state index is 10.5. The minimum Gasteiger partial charge on any atom is -0.481 e. The lowest BCUT2D eigenvalue weighted by molar-refractivity contribution is -0.136. The second-order valence-electron chi connectivity index (χ2n) is 3.20. The van der Waals surface area contributed by atoms with Crippen LogP contribution in [0.1, 0.15) is 18.1 Å². The highest BCUT2D eigenvalue weighted by atomic mass is 79.9. The van der Waals surface area contributed by atoms with E-state index in [4.69, 9.17) is 5.11 Å². The molecule has 0 aliphatic rings. The Bertz CT molecular complexity index is 383. The molecule has 0 fully saturated rings. The smallest absolute Gasteiger partial charge is 0.307 e. The maximum Gasteiger partial charge on any atom is 0.307 e. The lowest BCUT2D eigenvalue weighted by atomic mass is 10.0. The van der Waals surface area contributed by atoms with Gasteiger partial charge >= 0.3 is 5.97 Å². The van der Waals surface area contributed by atoms with Crippen LogP contribution in [0.2, 0.25) is 0 Å². The van der Waals surface area contributed by atoms with Gasteiger partial charge in [-0.3, -0.25) is 4.79 Å². The summed E-state index contributed by atoms with van der Waals surface area (Å²) in [7, 11) is 0. The molecule has 2 nitrogen and oxygen atoms in total. The van der Waals surface area contributed by atoms with E-state index >= 15 is 0 Å². The first kappa shape index (κ1) is 11.0. The number of hydrogen-bond acceptors (Lipinski definition) is 1. The van der Waals surface area contributed by atoms with Gasteiger partial charge < -0.3 is 5.11 Å². The number of halogens is 1. The average Bonchev–Trinajstić information content (AvgIpc) is 2.01. The summed E-state index contributed by atoms with van der Waals surface area (Å²) in [5.74, 6) is -0.823. The van der Waals surface area contributed by atoms with Crippen LogP contribution < -0.4 is 0 Å². The Labute approximate surface area is 91.4 Å². The molecule has 1 aromatic carbocycles. The number of carbonyl (C=O) groups is 1.